The molecule has 33 heavy (non-hydrogen) atoms. The average Bonchev–Trinajstić information content (AvgIpc) is 2.81. The van der Waals surface area contributed by atoms with Gasteiger partial charge in [-0.2, -0.15) is 4.31 Å². The minimum absolute atomic E-state index is 0.100. The molecule has 178 valence electrons. The molecule has 1 aliphatic rings. The molecule has 3 rings (SSSR count). The summed E-state index contributed by atoms with van der Waals surface area (Å²) in [6.45, 7) is 9.56. The minimum Gasteiger partial charge on any atom is -0.448 e. The van der Waals surface area contributed by atoms with E-state index in [1.54, 1.807) is 44.2 Å². The van der Waals surface area contributed by atoms with Gasteiger partial charge < -0.3 is 15.0 Å². The van der Waals surface area contributed by atoms with Gasteiger partial charge in [-0.3, -0.25) is 4.79 Å². The van der Waals surface area contributed by atoms with E-state index in [1.165, 1.54) is 10.4 Å². The first kappa shape index (κ1) is 24.7. The van der Waals surface area contributed by atoms with Crippen molar-refractivity contribution in [2.45, 2.75) is 45.1 Å². The Morgan fingerprint density at radius 2 is 1.70 bits per heavy atom. The predicted octanol–water partition coefficient (Wildman–Crippen LogP) is 3.28. The highest BCUT2D eigenvalue weighted by molar-refractivity contribution is 7.89. The minimum atomic E-state index is -3.71. The molecule has 1 N–H and O–H groups in total. The molecule has 0 aliphatic carbocycles. The van der Waals surface area contributed by atoms with Crippen LogP contribution < -0.4 is 10.2 Å². The number of nitrogens with one attached hydrogen (secondary N) is 1. The van der Waals surface area contributed by atoms with Crippen LogP contribution in [0.15, 0.2) is 47.4 Å². The molecule has 1 heterocycles. The molecular formula is C24H31N3O5S. The average molecular weight is 474 g/mol. The van der Waals surface area contributed by atoms with Crippen LogP contribution in [0.5, 0.6) is 0 Å². The Morgan fingerprint density at radius 3 is 2.33 bits per heavy atom. The van der Waals surface area contributed by atoms with Crippen molar-refractivity contribution in [2.75, 3.05) is 36.4 Å². The highest BCUT2D eigenvalue weighted by Gasteiger charge is 2.32. The van der Waals surface area contributed by atoms with Gasteiger partial charge in [-0.15, -0.1) is 0 Å². The third kappa shape index (κ3) is 5.04. The van der Waals surface area contributed by atoms with Crippen LogP contribution in [0.25, 0.3) is 0 Å². The number of rotatable bonds is 9. The van der Waals surface area contributed by atoms with E-state index in [2.05, 4.69) is 5.32 Å². The first-order valence-corrected chi connectivity index (χ1v) is 12.7. The SMILES string of the molecule is CCN(CC)c1ccc(S(=O)(=O)N(CC)CC)cc1NC(=O)C1Cc2ccccc2C(=O)O1. The number of hydrogen-bond donors (Lipinski definition) is 1. The van der Waals surface area contributed by atoms with Gasteiger partial charge in [0, 0.05) is 32.6 Å². The smallest absolute Gasteiger partial charge is 0.339 e. The lowest BCUT2D eigenvalue weighted by Gasteiger charge is -2.27. The molecule has 0 bridgehead atoms. The van der Waals surface area contributed by atoms with E-state index in [1.807, 2.05) is 24.8 Å². The summed E-state index contributed by atoms with van der Waals surface area (Å²) >= 11 is 0. The summed E-state index contributed by atoms with van der Waals surface area (Å²) in [6.07, 6.45) is -0.744. The Balaban J connectivity index is 1.96. The normalized spacial score (nSPS) is 15.7. The zero-order chi connectivity index (χ0) is 24.2. The van der Waals surface area contributed by atoms with Gasteiger partial charge in [0.2, 0.25) is 10.0 Å². The van der Waals surface area contributed by atoms with Gasteiger partial charge in [0.05, 0.1) is 21.8 Å². The molecule has 1 amide bonds. The van der Waals surface area contributed by atoms with Crippen molar-refractivity contribution in [3.63, 3.8) is 0 Å². The molecule has 0 saturated carbocycles. The molecule has 0 saturated heterocycles. The maximum Gasteiger partial charge on any atom is 0.339 e. The predicted molar refractivity (Wildman–Crippen MR) is 128 cm³/mol. The lowest BCUT2D eigenvalue weighted by Crippen LogP contribution is -2.38. The maximum atomic E-state index is 13.1. The van der Waals surface area contributed by atoms with Gasteiger partial charge in [-0.25, -0.2) is 13.2 Å². The number of hydrogen-bond acceptors (Lipinski definition) is 6. The first-order chi connectivity index (χ1) is 15.8. The Labute approximate surface area is 195 Å². The number of ether oxygens (including phenoxy) is 1. The molecule has 0 spiro atoms. The molecule has 0 radical (unpaired) electrons. The van der Waals surface area contributed by atoms with Gasteiger partial charge in [0.1, 0.15) is 0 Å². The molecule has 8 nitrogen and oxygen atoms in total. The fourth-order valence-corrected chi connectivity index (χ4v) is 5.50. The lowest BCUT2D eigenvalue weighted by molar-refractivity contribution is -0.125. The summed E-state index contributed by atoms with van der Waals surface area (Å²) in [5.41, 5.74) is 2.27. The van der Waals surface area contributed by atoms with E-state index < -0.39 is 28.0 Å². The summed E-state index contributed by atoms with van der Waals surface area (Å²) in [5.74, 6) is -1.04. The fraction of sp³-hybridized carbons (Fsp3) is 0.417. The Bertz CT molecular complexity index is 1120. The van der Waals surface area contributed by atoms with E-state index >= 15 is 0 Å². The molecule has 9 heteroatoms. The van der Waals surface area contributed by atoms with E-state index in [4.69, 9.17) is 4.74 Å². The summed E-state index contributed by atoms with van der Waals surface area (Å²) in [6, 6.07) is 11.8. The van der Waals surface area contributed by atoms with Crippen LogP contribution in [0, 0.1) is 0 Å². The topological polar surface area (TPSA) is 96.0 Å². The van der Waals surface area contributed by atoms with Crippen molar-refractivity contribution in [2.24, 2.45) is 0 Å². The van der Waals surface area contributed by atoms with Crippen LogP contribution in [-0.2, 0) is 26.0 Å². The highest BCUT2D eigenvalue weighted by Crippen LogP contribution is 2.31. The quantitative estimate of drug-likeness (QED) is 0.562. The monoisotopic (exact) mass is 473 g/mol. The molecule has 0 fully saturated rings. The number of fused-ring (bicyclic) bond motifs is 1. The number of sulfonamides is 1. The molecule has 0 aromatic heterocycles. The van der Waals surface area contributed by atoms with Crippen molar-refractivity contribution < 1.29 is 22.7 Å². The van der Waals surface area contributed by atoms with Crippen LogP contribution in [0.4, 0.5) is 11.4 Å². The molecule has 1 aliphatic heterocycles. The highest BCUT2D eigenvalue weighted by atomic mass is 32.2. The number of esters is 1. The van der Waals surface area contributed by atoms with Gasteiger partial charge in [0.15, 0.2) is 6.10 Å². The number of benzene rings is 2. The van der Waals surface area contributed by atoms with Crippen LogP contribution in [-0.4, -0.2) is 56.9 Å². The molecule has 1 atom stereocenters. The maximum absolute atomic E-state index is 13.1. The lowest BCUT2D eigenvalue weighted by atomic mass is 9.98. The fourth-order valence-electron chi connectivity index (χ4n) is 4.02. The zero-order valence-corrected chi connectivity index (χ0v) is 20.3. The third-order valence-corrected chi connectivity index (χ3v) is 7.90. The number of carbonyl (C=O) groups excluding carboxylic acids is 2. The van der Waals surface area contributed by atoms with Crippen LogP contribution in [0.3, 0.4) is 0 Å². The van der Waals surface area contributed by atoms with Crippen molar-refractivity contribution in [1.82, 2.24) is 4.31 Å². The summed E-state index contributed by atoms with van der Waals surface area (Å²) in [7, 11) is -3.71. The van der Waals surface area contributed by atoms with Crippen LogP contribution in [0.2, 0.25) is 0 Å². The molecule has 1 unspecified atom stereocenters. The second kappa shape index (κ2) is 10.4. The summed E-state index contributed by atoms with van der Waals surface area (Å²) in [5, 5.41) is 2.83. The van der Waals surface area contributed by atoms with E-state index in [0.29, 0.717) is 43.1 Å². The van der Waals surface area contributed by atoms with E-state index in [-0.39, 0.29) is 11.3 Å². The van der Waals surface area contributed by atoms with Crippen LogP contribution >= 0.6 is 0 Å². The number of carbonyl (C=O) groups is 2. The van der Waals surface area contributed by atoms with Crippen molar-refractivity contribution in [3.8, 4) is 0 Å². The van der Waals surface area contributed by atoms with E-state index in [9.17, 15) is 18.0 Å². The zero-order valence-electron chi connectivity index (χ0n) is 19.5. The van der Waals surface area contributed by atoms with Gasteiger partial charge in [-0.05, 0) is 43.7 Å². The van der Waals surface area contributed by atoms with Gasteiger partial charge >= 0.3 is 5.97 Å². The standard InChI is InChI=1S/C24H31N3O5S/c1-5-26(6-2)21-14-13-18(33(30,31)27(7-3)8-4)16-20(21)25-23(28)22-15-17-11-9-10-12-19(17)24(29)32-22/h9-14,16,22H,5-8,15H2,1-4H3,(H,25,28). The molecule has 2 aromatic carbocycles. The largest absolute Gasteiger partial charge is 0.448 e. The number of nitrogens with zero attached hydrogens (tertiary/aromatic N) is 2. The third-order valence-electron chi connectivity index (χ3n) is 5.86. The first-order valence-electron chi connectivity index (χ1n) is 11.3. The second-order valence-corrected chi connectivity index (χ2v) is 9.62. The van der Waals surface area contributed by atoms with E-state index in [0.717, 1.165) is 5.56 Å². The van der Waals surface area contributed by atoms with Crippen molar-refractivity contribution in [3.05, 3.63) is 53.6 Å². The van der Waals surface area contributed by atoms with Gasteiger partial charge in [-0.1, -0.05) is 32.0 Å². The Hall–Kier alpha value is -2.91. The number of amides is 1. The summed E-state index contributed by atoms with van der Waals surface area (Å²) < 4.78 is 32.9. The van der Waals surface area contributed by atoms with Crippen molar-refractivity contribution >= 4 is 33.3 Å². The number of anilines is 2. The van der Waals surface area contributed by atoms with Crippen LogP contribution in [0.1, 0.15) is 43.6 Å². The van der Waals surface area contributed by atoms with Gasteiger partial charge in [0.25, 0.3) is 5.91 Å². The summed E-state index contributed by atoms with van der Waals surface area (Å²) in [4.78, 5) is 27.6. The molecular weight excluding hydrogens is 442 g/mol. The van der Waals surface area contributed by atoms with Crippen molar-refractivity contribution in [1.29, 1.82) is 0 Å². The Morgan fingerprint density at radius 1 is 1.03 bits per heavy atom. The number of cyclic esters (lactones) is 1. The molecule has 2 aromatic rings. The second-order valence-electron chi connectivity index (χ2n) is 7.69. The Kier molecular flexibility index (Phi) is 7.76.